The molecule has 0 aliphatic carbocycles. The number of rotatable bonds is 5. The molecule has 2 atom stereocenters. The van der Waals surface area contributed by atoms with Crippen LogP contribution in [0.3, 0.4) is 0 Å². The largest absolute Gasteiger partial charge is 0.494 e. The zero-order valence-corrected chi connectivity index (χ0v) is 11.3. The number of hydrogen-bond acceptors (Lipinski definition) is 6. The lowest BCUT2D eigenvalue weighted by molar-refractivity contribution is -0.514. The number of esters is 1. The Morgan fingerprint density at radius 2 is 2.14 bits per heavy atom. The molecule has 0 saturated carbocycles. The smallest absolute Gasteiger partial charge is 0.387 e. The first-order chi connectivity index (χ1) is 9.95. The Bertz CT molecular complexity index is 624. The van der Waals surface area contributed by atoms with Crippen molar-refractivity contribution in [1.29, 1.82) is 0 Å². The summed E-state index contributed by atoms with van der Waals surface area (Å²) in [4.78, 5) is 34.1. The van der Waals surface area contributed by atoms with E-state index in [1.54, 1.807) is 18.2 Å². The standard InChI is InChI=1S/C14H13NO6/c1-8(20-2)11(16)7-10-9-5-3-4-6-12(9)21-14(17)13(10)15(18)19/h3-6,10,13H,1,7H2,2H3/t10-,13-/m0/s1. The van der Waals surface area contributed by atoms with Gasteiger partial charge < -0.3 is 9.47 Å². The second-order valence-electron chi connectivity index (χ2n) is 4.55. The Balaban J connectivity index is 2.41. The third-order valence-corrected chi connectivity index (χ3v) is 3.34. The van der Waals surface area contributed by atoms with Crippen molar-refractivity contribution >= 4 is 11.8 Å². The summed E-state index contributed by atoms with van der Waals surface area (Å²) in [6, 6.07) is 4.83. The van der Waals surface area contributed by atoms with Gasteiger partial charge in [-0.25, -0.2) is 4.79 Å². The number of para-hydroxylation sites is 1. The lowest BCUT2D eigenvalue weighted by Crippen LogP contribution is -2.43. The van der Waals surface area contributed by atoms with E-state index in [9.17, 15) is 19.7 Å². The summed E-state index contributed by atoms with van der Waals surface area (Å²) in [5.74, 6) is -2.23. The SMILES string of the molecule is C=C(OC)C(=O)C[C@H]1c2ccccc2OC(=O)[C@H]1[N+](=O)[O-]. The van der Waals surface area contributed by atoms with Crippen molar-refractivity contribution in [3.8, 4) is 5.75 Å². The Hall–Kier alpha value is -2.70. The second kappa shape index (κ2) is 5.74. The van der Waals surface area contributed by atoms with Crippen LogP contribution in [0.2, 0.25) is 0 Å². The van der Waals surface area contributed by atoms with Gasteiger partial charge in [0.2, 0.25) is 0 Å². The summed E-state index contributed by atoms with van der Waals surface area (Å²) >= 11 is 0. The molecule has 110 valence electrons. The first-order valence-corrected chi connectivity index (χ1v) is 6.16. The molecule has 7 nitrogen and oxygen atoms in total. The monoisotopic (exact) mass is 291 g/mol. The molecule has 1 aromatic carbocycles. The molecule has 1 aliphatic heterocycles. The third kappa shape index (κ3) is 2.76. The number of fused-ring (bicyclic) bond motifs is 1. The van der Waals surface area contributed by atoms with E-state index in [0.717, 1.165) is 0 Å². The number of carbonyl (C=O) groups is 2. The van der Waals surface area contributed by atoms with Crippen LogP contribution in [-0.2, 0) is 14.3 Å². The van der Waals surface area contributed by atoms with Gasteiger partial charge in [-0.05, 0) is 6.07 Å². The van der Waals surface area contributed by atoms with E-state index in [2.05, 4.69) is 6.58 Å². The van der Waals surface area contributed by atoms with Crippen molar-refractivity contribution in [3.05, 3.63) is 52.3 Å². The highest BCUT2D eigenvalue weighted by atomic mass is 16.6. The Kier molecular flexibility index (Phi) is 4.02. The van der Waals surface area contributed by atoms with E-state index in [0.29, 0.717) is 5.56 Å². The molecule has 7 heteroatoms. The van der Waals surface area contributed by atoms with Gasteiger partial charge in [0.1, 0.15) is 5.75 Å². The maximum absolute atomic E-state index is 11.9. The predicted molar refractivity (Wildman–Crippen MR) is 71.4 cm³/mol. The molecule has 21 heavy (non-hydrogen) atoms. The van der Waals surface area contributed by atoms with E-state index in [-0.39, 0.29) is 17.9 Å². The molecule has 1 aliphatic rings. The summed E-state index contributed by atoms with van der Waals surface area (Å²) in [5, 5.41) is 11.1. The van der Waals surface area contributed by atoms with Gasteiger partial charge in [-0.1, -0.05) is 24.8 Å². The van der Waals surface area contributed by atoms with Crippen molar-refractivity contribution in [1.82, 2.24) is 0 Å². The number of ether oxygens (including phenoxy) is 2. The van der Waals surface area contributed by atoms with E-state index < -0.39 is 28.6 Å². The van der Waals surface area contributed by atoms with Crippen molar-refractivity contribution in [3.63, 3.8) is 0 Å². The van der Waals surface area contributed by atoms with Crippen LogP contribution in [0.15, 0.2) is 36.6 Å². The number of ketones is 1. The van der Waals surface area contributed by atoms with Gasteiger partial charge in [-0.2, -0.15) is 0 Å². The summed E-state index contributed by atoms with van der Waals surface area (Å²) in [5.41, 5.74) is 0.455. The molecule has 0 spiro atoms. The zero-order valence-electron chi connectivity index (χ0n) is 11.3. The normalized spacial score (nSPS) is 20.1. The number of Topliss-reactive ketones (excluding diaryl/α,β-unsaturated/α-hetero) is 1. The lowest BCUT2D eigenvalue weighted by atomic mass is 9.84. The predicted octanol–water partition coefficient (Wildman–Crippen LogP) is 1.45. The number of benzene rings is 1. The number of nitro groups is 1. The molecule has 0 amide bonds. The van der Waals surface area contributed by atoms with E-state index >= 15 is 0 Å². The van der Waals surface area contributed by atoms with Gasteiger partial charge in [0, 0.05) is 16.9 Å². The summed E-state index contributed by atoms with van der Waals surface area (Å²) < 4.78 is 9.69. The molecule has 0 radical (unpaired) electrons. The van der Waals surface area contributed by atoms with Crippen molar-refractivity contribution in [2.45, 2.75) is 18.4 Å². The van der Waals surface area contributed by atoms with Crippen LogP contribution < -0.4 is 4.74 Å². The highest BCUT2D eigenvalue weighted by Crippen LogP contribution is 2.38. The average molecular weight is 291 g/mol. The quantitative estimate of drug-likeness (QED) is 0.203. The van der Waals surface area contributed by atoms with Crippen LogP contribution in [0.25, 0.3) is 0 Å². The van der Waals surface area contributed by atoms with E-state index in [1.807, 2.05) is 0 Å². The first-order valence-electron chi connectivity index (χ1n) is 6.16. The van der Waals surface area contributed by atoms with Crippen LogP contribution >= 0.6 is 0 Å². The maximum Gasteiger partial charge on any atom is 0.387 e. The molecular weight excluding hydrogens is 278 g/mol. The van der Waals surface area contributed by atoms with Gasteiger partial charge in [0.05, 0.1) is 13.0 Å². The summed E-state index contributed by atoms with van der Waals surface area (Å²) in [7, 11) is 1.29. The maximum atomic E-state index is 11.9. The van der Waals surface area contributed by atoms with Gasteiger partial charge >= 0.3 is 12.0 Å². The average Bonchev–Trinajstić information content (AvgIpc) is 2.45. The fourth-order valence-corrected chi connectivity index (χ4v) is 2.26. The molecule has 0 N–H and O–H groups in total. The topological polar surface area (TPSA) is 95.7 Å². The molecule has 1 aromatic rings. The third-order valence-electron chi connectivity index (χ3n) is 3.34. The zero-order chi connectivity index (χ0) is 15.6. The van der Waals surface area contributed by atoms with Crippen LogP contribution in [0.1, 0.15) is 17.9 Å². The number of carbonyl (C=O) groups excluding carboxylic acids is 2. The summed E-state index contributed by atoms with van der Waals surface area (Å²) in [6.45, 7) is 3.43. The molecule has 0 unspecified atom stereocenters. The van der Waals surface area contributed by atoms with Gasteiger partial charge in [-0.3, -0.25) is 14.9 Å². The van der Waals surface area contributed by atoms with Crippen LogP contribution in [0, 0.1) is 10.1 Å². The second-order valence-corrected chi connectivity index (χ2v) is 4.55. The molecular formula is C14H13NO6. The minimum Gasteiger partial charge on any atom is -0.494 e. The van der Waals surface area contributed by atoms with Crippen molar-refractivity contribution in [2.75, 3.05) is 7.11 Å². The highest BCUT2D eigenvalue weighted by molar-refractivity contribution is 5.94. The molecule has 0 aromatic heterocycles. The molecule has 0 saturated heterocycles. The van der Waals surface area contributed by atoms with Crippen LogP contribution in [0.4, 0.5) is 0 Å². The number of allylic oxidation sites excluding steroid dienone is 1. The van der Waals surface area contributed by atoms with Gasteiger partial charge in [0.15, 0.2) is 11.5 Å². The number of hydrogen-bond donors (Lipinski definition) is 0. The van der Waals surface area contributed by atoms with Crippen LogP contribution in [0.5, 0.6) is 5.75 Å². The first kappa shape index (κ1) is 14.7. The molecule has 2 rings (SSSR count). The Morgan fingerprint density at radius 1 is 1.48 bits per heavy atom. The highest BCUT2D eigenvalue weighted by Gasteiger charge is 2.47. The van der Waals surface area contributed by atoms with Crippen LogP contribution in [-0.4, -0.2) is 29.8 Å². The van der Waals surface area contributed by atoms with Crippen molar-refractivity contribution in [2.24, 2.45) is 0 Å². The minimum atomic E-state index is -1.62. The van der Waals surface area contributed by atoms with E-state index in [1.165, 1.54) is 13.2 Å². The fraction of sp³-hybridized carbons (Fsp3) is 0.286. The number of methoxy groups -OCH3 is 1. The van der Waals surface area contributed by atoms with Gasteiger partial charge in [-0.15, -0.1) is 0 Å². The molecule has 0 fully saturated rings. The van der Waals surface area contributed by atoms with Crippen molar-refractivity contribution < 1.29 is 24.0 Å². The van der Waals surface area contributed by atoms with Gasteiger partial charge in [0.25, 0.3) is 0 Å². The fourth-order valence-electron chi connectivity index (χ4n) is 2.26. The Morgan fingerprint density at radius 3 is 2.76 bits per heavy atom. The number of nitrogens with zero attached hydrogens (tertiary/aromatic N) is 1. The lowest BCUT2D eigenvalue weighted by Gasteiger charge is -2.26. The Labute approximate surface area is 120 Å². The summed E-state index contributed by atoms with van der Waals surface area (Å²) in [6.07, 6.45) is -0.246. The molecule has 0 bridgehead atoms. The van der Waals surface area contributed by atoms with E-state index in [4.69, 9.17) is 9.47 Å². The minimum absolute atomic E-state index is 0.103. The molecule has 1 heterocycles.